The van der Waals surface area contributed by atoms with Crippen LogP contribution >= 0.6 is 22.9 Å². The summed E-state index contributed by atoms with van der Waals surface area (Å²) >= 11 is 6.61. The van der Waals surface area contributed by atoms with Crippen molar-refractivity contribution in [1.29, 1.82) is 0 Å². The standard InChI is InChI=1S/C10H11ClN4O2S2/c1-5-4-6(2)13-10(12-5)15-19(16,17)8-7(3)14-9(11)18-8/h4H,1-3H3,(H,12,13,15). The highest BCUT2D eigenvalue weighted by Crippen LogP contribution is 2.27. The fourth-order valence-electron chi connectivity index (χ4n) is 1.54. The molecule has 0 saturated heterocycles. The van der Waals surface area contributed by atoms with E-state index in [0.717, 1.165) is 11.3 Å². The second kappa shape index (κ2) is 5.03. The van der Waals surface area contributed by atoms with Gasteiger partial charge in [-0.2, -0.15) is 0 Å². The molecule has 2 aromatic heterocycles. The van der Waals surface area contributed by atoms with E-state index in [9.17, 15) is 8.42 Å². The van der Waals surface area contributed by atoms with Crippen LogP contribution in [0.1, 0.15) is 17.1 Å². The number of aryl methyl sites for hydroxylation is 3. The minimum atomic E-state index is -3.76. The van der Waals surface area contributed by atoms with Gasteiger partial charge >= 0.3 is 0 Å². The number of hydrogen-bond acceptors (Lipinski definition) is 6. The lowest BCUT2D eigenvalue weighted by Gasteiger charge is -2.06. The van der Waals surface area contributed by atoms with Crippen LogP contribution in [0.15, 0.2) is 10.3 Å². The number of nitrogens with one attached hydrogen (secondary N) is 1. The van der Waals surface area contributed by atoms with Crippen LogP contribution in [0.4, 0.5) is 5.95 Å². The van der Waals surface area contributed by atoms with E-state index in [1.807, 2.05) is 0 Å². The predicted molar refractivity (Wildman–Crippen MR) is 74.2 cm³/mol. The highest BCUT2D eigenvalue weighted by Gasteiger charge is 2.22. The van der Waals surface area contributed by atoms with Crippen molar-refractivity contribution in [2.24, 2.45) is 0 Å². The second-order valence-corrected chi connectivity index (χ2v) is 7.38. The molecule has 0 aliphatic carbocycles. The first-order valence-electron chi connectivity index (χ1n) is 5.26. The molecular weight excluding hydrogens is 308 g/mol. The third-order valence-corrected chi connectivity index (χ3v) is 5.38. The number of hydrogen-bond donors (Lipinski definition) is 1. The van der Waals surface area contributed by atoms with Crippen molar-refractivity contribution < 1.29 is 8.42 Å². The predicted octanol–water partition coefficient (Wildman–Crippen LogP) is 2.31. The summed E-state index contributed by atoms with van der Waals surface area (Å²) in [4.78, 5) is 11.9. The Labute approximate surface area is 119 Å². The Hall–Kier alpha value is -1.25. The van der Waals surface area contributed by atoms with Crippen LogP contribution in [0.25, 0.3) is 0 Å². The van der Waals surface area contributed by atoms with E-state index in [2.05, 4.69) is 19.7 Å². The topological polar surface area (TPSA) is 84.8 Å². The Kier molecular flexibility index (Phi) is 3.75. The van der Waals surface area contributed by atoms with E-state index in [-0.39, 0.29) is 14.6 Å². The maximum Gasteiger partial charge on any atom is 0.275 e. The van der Waals surface area contributed by atoms with Crippen molar-refractivity contribution in [3.8, 4) is 0 Å². The molecule has 9 heteroatoms. The monoisotopic (exact) mass is 318 g/mol. The van der Waals surface area contributed by atoms with E-state index >= 15 is 0 Å². The minimum absolute atomic E-state index is 0.0430. The molecule has 0 unspecified atom stereocenters. The molecule has 19 heavy (non-hydrogen) atoms. The average molecular weight is 319 g/mol. The van der Waals surface area contributed by atoms with Crippen LogP contribution in [0.5, 0.6) is 0 Å². The highest BCUT2D eigenvalue weighted by molar-refractivity contribution is 7.94. The second-order valence-electron chi connectivity index (χ2n) is 3.92. The normalized spacial score (nSPS) is 11.6. The van der Waals surface area contributed by atoms with Gasteiger partial charge in [-0.3, -0.25) is 0 Å². The molecule has 102 valence electrons. The zero-order valence-electron chi connectivity index (χ0n) is 10.4. The van der Waals surface area contributed by atoms with Crippen LogP contribution in [-0.2, 0) is 10.0 Å². The number of rotatable bonds is 3. The third-order valence-electron chi connectivity index (χ3n) is 2.18. The van der Waals surface area contributed by atoms with Gasteiger partial charge in [-0.05, 0) is 26.8 Å². The Bertz CT molecular complexity index is 707. The van der Waals surface area contributed by atoms with Gasteiger partial charge in [0.05, 0.1) is 5.69 Å². The molecule has 0 aliphatic rings. The fraction of sp³-hybridized carbons (Fsp3) is 0.300. The molecule has 1 N–H and O–H groups in total. The van der Waals surface area contributed by atoms with Crippen molar-refractivity contribution in [1.82, 2.24) is 15.0 Å². The first-order valence-corrected chi connectivity index (χ1v) is 7.94. The summed E-state index contributed by atoms with van der Waals surface area (Å²) in [5.74, 6) is 0.0430. The van der Waals surface area contributed by atoms with Crippen molar-refractivity contribution in [3.63, 3.8) is 0 Å². The minimum Gasteiger partial charge on any atom is -0.246 e. The first-order chi connectivity index (χ1) is 8.78. The van der Waals surface area contributed by atoms with Crippen LogP contribution in [-0.4, -0.2) is 23.4 Å². The lowest BCUT2D eigenvalue weighted by molar-refractivity contribution is 0.602. The van der Waals surface area contributed by atoms with E-state index in [1.165, 1.54) is 0 Å². The maximum atomic E-state index is 12.2. The summed E-state index contributed by atoms with van der Waals surface area (Å²) in [5.41, 5.74) is 1.72. The summed E-state index contributed by atoms with van der Waals surface area (Å²) in [6, 6.07) is 1.76. The molecule has 2 heterocycles. The fourth-order valence-corrected chi connectivity index (χ4v) is 4.22. The average Bonchev–Trinajstić information content (AvgIpc) is 2.56. The van der Waals surface area contributed by atoms with Crippen molar-refractivity contribution in [2.75, 3.05) is 4.72 Å². The summed E-state index contributed by atoms with van der Waals surface area (Å²) in [5, 5.41) is 0. The zero-order valence-corrected chi connectivity index (χ0v) is 12.8. The van der Waals surface area contributed by atoms with Gasteiger partial charge in [0, 0.05) is 11.4 Å². The quantitative estimate of drug-likeness (QED) is 0.938. The smallest absolute Gasteiger partial charge is 0.246 e. The van der Waals surface area contributed by atoms with E-state index in [0.29, 0.717) is 17.1 Å². The van der Waals surface area contributed by atoms with Crippen LogP contribution in [0, 0.1) is 20.8 Å². The highest BCUT2D eigenvalue weighted by atomic mass is 35.5. The lowest BCUT2D eigenvalue weighted by atomic mass is 10.4. The molecule has 0 fully saturated rings. The molecule has 0 radical (unpaired) electrons. The van der Waals surface area contributed by atoms with E-state index in [1.54, 1.807) is 26.8 Å². The molecule has 0 aliphatic heterocycles. The van der Waals surface area contributed by atoms with Crippen LogP contribution in [0.2, 0.25) is 4.47 Å². The first kappa shape index (κ1) is 14.2. The number of nitrogens with zero attached hydrogens (tertiary/aromatic N) is 3. The molecule has 0 bridgehead atoms. The summed E-state index contributed by atoms with van der Waals surface area (Å²) in [6.45, 7) is 5.11. The number of anilines is 1. The van der Waals surface area contributed by atoms with Gasteiger partial charge in [-0.15, -0.1) is 0 Å². The number of sulfonamides is 1. The van der Waals surface area contributed by atoms with E-state index < -0.39 is 10.0 Å². The summed E-state index contributed by atoms with van der Waals surface area (Å²) < 4.78 is 26.9. The third kappa shape index (κ3) is 3.20. The Morgan fingerprint density at radius 1 is 1.16 bits per heavy atom. The molecule has 0 aromatic carbocycles. The van der Waals surface area contributed by atoms with Gasteiger partial charge in [-0.1, -0.05) is 22.9 Å². The van der Waals surface area contributed by atoms with Gasteiger partial charge in [0.25, 0.3) is 10.0 Å². The molecule has 6 nitrogen and oxygen atoms in total. The van der Waals surface area contributed by atoms with Gasteiger partial charge in [-0.25, -0.2) is 28.1 Å². The molecule has 2 rings (SSSR count). The van der Waals surface area contributed by atoms with Gasteiger partial charge < -0.3 is 0 Å². The van der Waals surface area contributed by atoms with Gasteiger partial charge in [0.2, 0.25) is 5.95 Å². The Morgan fingerprint density at radius 3 is 2.21 bits per heavy atom. The van der Waals surface area contributed by atoms with Crippen molar-refractivity contribution >= 4 is 38.9 Å². The van der Waals surface area contributed by atoms with E-state index in [4.69, 9.17) is 11.6 Å². The van der Waals surface area contributed by atoms with Crippen LogP contribution < -0.4 is 4.72 Å². The zero-order chi connectivity index (χ0) is 14.2. The molecule has 2 aromatic rings. The van der Waals surface area contributed by atoms with Crippen LogP contribution in [0.3, 0.4) is 0 Å². The largest absolute Gasteiger partial charge is 0.275 e. The van der Waals surface area contributed by atoms with Gasteiger partial charge in [0.15, 0.2) is 8.68 Å². The van der Waals surface area contributed by atoms with Crippen molar-refractivity contribution in [2.45, 2.75) is 25.0 Å². The SMILES string of the molecule is Cc1cc(C)nc(NS(=O)(=O)c2sc(Cl)nc2C)n1. The Balaban J connectivity index is 2.39. The molecule has 0 amide bonds. The van der Waals surface area contributed by atoms with Gasteiger partial charge in [0.1, 0.15) is 0 Å². The Morgan fingerprint density at radius 2 is 1.74 bits per heavy atom. The lowest BCUT2D eigenvalue weighted by Crippen LogP contribution is -2.15. The molecule has 0 atom stereocenters. The number of thiazole rings is 1. The molecule has 0 saturated carbocycles. The summed E-state index contributed by atoms with van der Waals surface area (Å²) in [7, 11) is -3.76. The maximum absolute atomic E-state index is 12.2. The van der Waals surface area contributed by atoms with Crippen molar-refractivity contribution in [3.05, 3.63) is 27.6 Å². The number of aromatic nitrogens is 3. The molecular formula is C10H11ClN4O2S2. The summed E-state index contributed by atoms with van der Waals surface area (Å²) in [6.07, 6.45) is 0. The number of halogens is 1. The molecule has 0 spiro atoms.